The second-order valence-electron chi connectivity index (χ2n) is 5.18. The largest absolute Gasteiger partial charge is 0.457 e. The molecule has 3 aromatic rings. The second kappa shape index (κ2) is 7.55. The van der Waals surface area contributed by atoms with Gasteiger partial charge in [-0.2, -0.15) is 0 Å². The minimum Gasteiger partial charge on any atom is -0.457 e. The highest BCUT2D eigenvalue weighted by molar-refractivity contribution is 7.18. The summed E-state index contributed by atoms with van der Waals surface area (Å²) >= 11 is 6.95. The van der Waals surface area contributed by atoms with Gasteiger partial charge in [0.1, 0.15) is 0 Å². The van der Waals surface area contributed by atoms with E-state index in [1.54, 1.807) is 12.1 Å². The first-order valence-electron chi connectivity index (χ1n) is 7.40. The Bertz CT molecular complexity index is 891. The molecule has 4 nitrogen and oxygen atoms in total. The summed E-state index contributed by atoms with van der Waals surface area (Å²) in [7, 11) is 0. The maximum atomic E-state index is 11.8. The molecule has 0 N–H and O–H groups in total. The average molecular weight is 360 g/mol. The molecule has 0 aliphatic heterocycles. The average Bonchev–Trinajstić information content (AvgIpc) is 3.04. The van der Waals surface area contributed by atoms with E-state index in [0.29, 0.717) is 15.6 Å². The first-order valence-corrected chi connectivity index (χ1v) is 8.60. The van der Waals surface area contributed by atoms with Crippen LogP contribution in [0.3, 0.4) is 0 Å². The van der Waals surface area contributed by atoms with E-state index in [9.17, 15) is 9.59 Å². The zero-order valence-corrected chi connectivity index (χ0v) is 14.3. The van der Waals surface area contributed by atoms with Gasteiger partial charge in [0, 0.05) is 17.5 Å². The van der Waals surface area contributed by atoms with Gasteiger partial charge < -0.3 is 4.74 Å². The summed E-state index contributed by atoms with van der Waals surface area (Å²) in [6.07, 6.45) is 0.659. The number of hydrogen-bond acceptors (Lipinski definition) is 5. The molecule has 6 heteroatoms. The Kier molecular flexibility index (Phi) is 5.23. The lowest BCUT2D eigenvalue weighted by Crippen LogP contribution is -2.13. The number of nitrogens with zero attached hydrogens (tertiary/aromatic N) is 1. The van der Waals surface area contributed by atoms with Gasteiger partial charge in [0.15, 0.2) is 6.61 Å². The molecule has 2 aromatic heterocycles. The van der Waals surface area contributed by atoms with Crippen LogP contribution in [0.15, 0.2) is 48.5 Å². The topological polar surface area (TPSA) is 56.3 Å². The van der Waals surface area contributed by atoms with Gasteiger partial charge in [-0.05, 0) is 24.3 Å². The van der Waals surface area contributed by atoms with E-state index in [0.717, 1.165) is 16.6 Å². The number of esters is 1. The predicted molar refractivity (Wildman–Crippen MR) is 94.7 cm³/mol. The van der Waals surface area contributed by atoms with Crippen molar-refractivity contribution in [1.82, 2.24) is 4.98 Å². The van der Waals surface area contributed by atoms with Crippen molar-refractivity contribution in [2.24, 2.45) is 0 Å². The third kappa shape index (κ3) is 4.19. The maximum Gasteiger partial charge on any atom is 0.306 e. The van der Waals surface area contributed by atoms with Crippen LogP contribution in [0.4, 0.5) is 0 Å². The molecule has 0 aliphatic rings. The summed E-state index contributed by atoms with van der Waals surface area (Å²) in [5.41, 5.74) is 1.72. The molecule has 0 fully saturated rings. The molecule has 24 heavy (non-hydrogen) atoms. The number of aromatic nitrogens is 1. The summed E-state index contributed by atoms with van der Waals surface area (Å²) in [4.78, 5) is 28.6. The normalized spacial score (nSPS) is 10.7. The van der Waals surface area contributed by atoms with Crippen LogP contribution in [0, 0.1) is 0 Å². The molecule has 122 valence electrons. The van der Waals surface area contributed by atoms with E-state index < -0.39 is 5.97 Å². The molecule has 0 amide bonds. The van der Waals surface area contributed by atoms with E-state index >= 15 is 0 Å². The number of rotatable bonds is 6. The van der Waals surface area contributed by atoms with Crippen LogP contribution in [0.25, 0.3) is 10.9 Å². The highest BCUT2D eigenvalue weighted by Gasteiger charge is 2.12. The number of benzene rings is 1. The lowest BCUT2D eigenvalue weighted by molar-refractivity contribution is -0.142. The zero-order chi connectivity index (χ0) is 16.9. The van der Waals surface area contributed by atoms with Gasteiger partial charge in [0.25, 0.3) is 0 Å². The number of ketones is 1. The number of carbonyl (C=O) groups is 2. The van der Waals surface area contributed by atoms with Crippen LogP contribution < -0.4 is 0 Å². The Morgan fingerprint density at radius 1 is 1.08 bits per heavy atom. The third-order valence-corrected chi connectivity index (χ3v) is 4.73. The Morgan fingerprint density at radius 2 is 1.92 bits per heavy atom. The SMILES string of the molecule is O=C(CCc1ccc2ccccc2n1)OCC(=O)c1ccc(Cl)s1. The molecule has 0 unspecified atom stereocenters. The number of aryl methyl sites for hydroxylation is 1. The van der Waals surface area contributed by atoms with E-state index in [1.165, 1.54) is 11.3 Å². The fraction of sp³-hybridized carbons (Fsp3) is 0.167. The number of carbonyl (C=O) groups excluding carboxylic acids is 2. The molecule has 0 spiro atoms. The molecule has 0 atom stereocenters. The molecular weight excluding hydrogens is 346 g/mol. The van der Waals surface area contributed by atoms with Crippen molar-refractivity contribution >= 4 is 45.6 Å². The van der Waals surface area contributed by atoms with Gasteiger partial charge in [-0.1, -0.05) is 35.9 Å². The monoisotopic (exact) mass is 359 g/mol. The van der Waals surface area contributed by atoms with Crippen molar-refractivity contribution in [3.63, 3.8) is 0 Å². The van der Waals surface area contributed by atoms with E-state index in [1.807, 2.05) is 36.4 Å². The Morgan fingerprint density at radius 3 is 2.71 bits per heavy atom. The van der Waals surface area contributed by atoms with Crippen molar-refractivity contribution in [2.75, 3.05) is 6.61 Å². The summed E-state index contributed by atoms with van der Waals surface area (Å²) in [5, 5.41) is 1.06. The smallest absolute Gasteiger partial charge is 0.306 e. The molecule has 0 bridgehead atoms. The van der Waals surface area contributed by atoms with Crippen molar-refractivity contribution in [3.8, 4) is 0 Å². The summed E-state index contributed by atoms with van der Waals surface area (Å²) < 4.78 is 5.56. The number of para-hydroxylation sites is 1. The number of hydrogen-bond donors (Lipinski definition) is 0. The molecule has 0 saturated heterocycles. The van der Waals surface area contributed by atoms with Crippen molar-refractivity contribution in [2.45, 2.75) is 12.8 Å². The van der Waals surface area contributed by atoms with Gasteiger partial charge in [0.05, 0.1) is 21.2 Å². The molecule has 3 rings (SSSR count). The van der Waals surface area contributed by atoms with Crippen LogP contribution in [0.2, 0.25) is 4.34 Å². The third-order valence-electron chi connectivity index (χ3n) is 3.45. The second-order valence-corrected chi connectivity index (χ2v) is 6.90. The standard InChI is InChI=1S/C18H14ClNO3S/c19-17-9-8-16(24-17)15(21)11-23-18(22)10-7-13-6-5-12-3-1-2-4-14(12)20-13/h1-6,8-9H,7,10-11H2. The first-order chi connectivity index (χ1) is 11.6. The molecule has 0 radical (unpaired) electrons. The Balaban J connectivity index is 1.50. The fourth-order valence-corrected chi connectivity index (χ4v) is 3.20. The van der Waals surface area contributed by atoms with Crippen molar-refractivity contribution in [1.29, 1.82) is 0 Å². The number of fused-ring (bicyclic) bond motifs is 1. The minimum atomic E-state index is -0.416. The zero-order valence-electron chi connectivity index (χ0n) is 12.7. The number of halogens is 1. The van der Waals surface area contributed by atoms with Crippen LogP contribution in [0.5, 0.6) is 0 Å². The molecular formula is C18H14ClNO3S. The summed E-state index contributed by atoms with van der Waals surface area (Å²) in [6, 6.07) is 15.0. The lowest BCUT2D eigenvalue weighted by Gasteiger charge is -2.04. The van der Waals surface area contributed by atoms with Crippen LogP contribution in [-0.4, -0.2) is 23.3 Å². The van der Waals surface area contributed by atoms with Crippen LogP contribution in [-0.2, 0) is 16.0 Å². The number of ether oxygens (including phenoxy) is 1. The number of pyridine rings is 1. The van der Waals surface area contributed by atoms with E-state index in [2.05, 4.69) is 4.98 Å². The van der Waals surface area contributed by atoms with Crippen LogP contribution in [0.1, 0.15) is 21.8 Å². The van der Waals surface area contributed by atoms with Crippen LogP contribution >= 0.6 is 22.9 Å². The Labute approximate surface area is 148 Å². The number of thiophene rings is 1. The lowest BCUT2D eigenvalue weighted by atomic mass is 10.1. The minimum absolute atomic E-state index is 0.184. The highest BCUT2D eigenvalue weighted by Crippen LogP contribution is 2.21. The number of Topliss-reactive ketones (excluding diaryl/α,β-unsaturated/α-hetero) is 1. The van der Waals surface area contributed by atoms with Gasteiger partial charge in [0.2, 0.25) is 5.78 Å². The van der Waals surface area contributed by atoms with Gasteiger partial charge in [-0.25, -0.2) is 0 Å². The van der Waals surface area contributed by atoms with E-state index in [-0.39, 0.29) is 18.8 Å². The first kappa shape index (κ1) is 16.6. The van der Waals surface area contributed by atoms with Gasteiger partial charge >= 0.3 is 5.97 Å². The molecule has 1 aromatic carbocycles. The Hall–Kier alpha value is -2.24. The maximum absolute atomic E-state index is 11.8. The highest BCUT2D eigenvalue weighted by atomic mass is 35.5. The van der Waals surface area contributed by atoms with Crippen molar-refractivity contribution < 1.29 is 14.3 Å². The fourth-order valence-electron chi connectivity index (χ4n) is 2.23. The predicted octanol–water partition coefficient (Wildman–Crippen LogP) is 4.31. The summed E-state index contributed by atoms with van der Waals surface area (Å²) in [5.74, 6) is -0.662. The summed E-state index contributed by atoms with van der Waals surface area (Å²) in [6.45, 7) is -0.263. The van der Waals surface area contributed by atoms with Crippen molar-refractivity contribution in [3.05, 3.63) is 63.4 Å². The quantitative estimate of drug-likeness (QED) is 0.486. The van der Waals surface area contributed by atoms with Gasteiger partial charge in [-0.3, -0.25) is 14.6 Å². The molecule has 2 heterocycles. The molecule has 0 saturated carbocycles. The van der Waals surface area contributed by atoms with E-state index in [4.69, 9.17) is 16.3 Å². The molecule has 0 aliphatic carbocycles. The van der Waals surface area contributed by atoms with Gasteiger partial charge in [-0.15, -0.1) is 11.3 Å².